The number of nitrogens with zero attached hydrogens (tertiary/aromatic N) is 2. The van der Waals surface area contributed by atoms with Gasteiger partial charge in [-0.2, -0.15) is 0 Å². The first-order chi connectivity index (χ1) is 8.24. The summed E-state index contributed by atoms with van der Waals surface area (Å²) in [6, 6.07) is 8.93. The standard InChI is InChI=1S/C13H14IN3/c1-9-8-17(10-6-7-10)13(15-9)16-12-5-3-2-4-11(12)14/h2-5,8,10H,6-7H2,1H3,(H,15,16). The quantitative estimate of drug-likeness (QED) is 0.861. The van der Waals surface area contributed by atoms with Crippen molar-refractivity contribution in [3.63, 3.8) is 0 Å². The second-order valence-electron chi connectivity index (χ2n) is 4.45. The van der Waals surface area contributed by atoms with E-state index in [0.717, 1.165) is 17.3 Å². The molecule has 0 aliphatic heterocycles. The average Bonchev–Trinajstić information content (AvgIpc) is 3.07. The largest absolute Gasteiger partial charge is 0.325 e. The minimum Gasteiger partial charge on any atom is -0.325 e. The van der Waals surface area contributed by atoms with Crippen LogP contribution in [0, 0.1) is 10.5 Å². The van der Waals surface area contributed by atoms with Crippen molar-refractivity contribution in [3.8, 4) is 0 Å². The highest BCUT2D eigenvalue weighted by Gasteiger charge is 2.26. The number of hydrogen-bond acceptors (Lipinski definition) is 2. The highest BCUT2D eigenvalue weighted by molar-refractivity contribution is 14.1. The van der Waals surface area contributed by atoms with Crippen LogP contribution in [-0.4, -0.2) is 9.55 Å². The zero-order valence-electron chi connectivity index (χ0n) is 9.65. The van der Waals surface area contributed by atoms with Gasteiger partial charge in [-0.05, 0) is 54.5 Å². The maximum atomic E-state index is 4.56. The van der Waals surface area contributed by atoms with Crippen LogP contribution in [0.5, 0.6) is 0 Å². The molecule has 1 N–H and O–H groups in total. The van der Waals surface area contributed by atoms with E-state index in [0.29, 0.717) is 6.04 Å². The molecule has 0 amide bonds. The summed E-state index contributed by atoms with van der Waals surface area (Å²) in [4.78, 5) is 4.56. The van der Waals surface area contributed by atoms with E-state index in [1.54, 1.807) is 0 Å². The van der Waals surface area contributed by atoms with E-state index in [2.05, 4.69) is 55.8 Å². The SMILES string of the molecule is Cc1cn(C2CC2)c(Nc2ccccc2I)n1. The van der Waals surface area contributed by atoms with Gasteiger partial charge in [0, 0.05) is 15.8 Å². The van der Waals surface area contributed by atoms with Crippen LogP contribution in [0.25, 0.3) is 0 Å². The molecule has 1 heterocycles. The summed E-state index contributed by atoms with van der Waals surface area (Å²) in [6.45, 7) is 2.04. The highest BCUT2D eigenvalue weighted by atomic mass is 127. The zero-order chi connectivity index (χ0) is 11.8. The van der Waals surface area contributed by atoms with Crippen molar-refractivity contribution in [1.82, 2.24) is 9.55 Å². The van der Waals surface area contributed by atoms with Crippen LogP contribution in [0.2, 0.25) is 0 Å². The normalized spacial score (nSPS) is 14.9. The Morgan fingerprint density at radius 1 is 1.35 bits per heavy atom. The molecule has 3 rings (SSSR count). The lowest BCUT2D eigenvalue weighted by Crippen LogP contribution is -2.02. The third kappa shape index (κ3) is 2.31. The molecule has 2 aromatic rings. The smallest absolute Gasteiger partial charge is 0.207 e. The van der Waals surface area contributed by atoms with Crippen LogP contribution in [-0.2, 0) is 0 Å². The van der Waals surface area contributed by atoms with E-state index in [9.17, 15) is 0 Å². The van der Waals surface area contributed by atoms with Crippen LogP contribution in [0.3, 0.4) is 0 Å². The molecule has 3 nitrogen and oxygen atoms in total. The van der Waals surface area contributed by atoms with Crippen LogP contribution in [0.4, 0.5) is 11.6 Å². The predicted molar refractivity (Wildman–Crippen MR) is 77.7 cm³/mol. The fourth-order valence-electron chi connectivity index (χ4n) is 1.92. The number of anilines is 2. The Balaban J connectivity index is 1.92. The lowest BCUT2D eigenvalue weighted by atomic mass is 10.3. The van der Waals surface area contributed by atoms with Crippen LogP contribution in [0.1, 0.15) is 24.6 Å². The number of para-hydroxylation sites is 1. The summed E-state index contributed by atoms with van der Waals surface area (Å²) in [5, 5.41) is 3.43. The Morgan fingerprint density at radius 2 is 2.12 bits per heavy atom. The third-order valence-corrected chi connectivity index (χ3v) is 3.85. The van der Waals surface area contributed by atoms with Crippen molar-refractivity contribution in [2.75, 3.05) is 5.32 Å². The molecule has 88 valence electrons. The van der Waals surface area contributed by atoms with Gasteiger partial charge in [0.2, 0.25) is 5.95 Å². The zero-order valence-corrected chi connectivity index (χ0v) is 11.8. The van der Waals surface area contributed by atoms with E-state index in [1.807, 2.05) is 19.1 Å². The lowest BCUT2D eigenvalue weighted by Gasteiger charge is -2.09. The molecule has 0 radical (unpaired) electrons. The van der Waals surface area contributed by atoms with Gasteiger partial charge in [-0.15, -0.1) is 0 Å². The molecular weight excluding hydrogens is 325 g/mol. The van der Waals surface area contributed by atoms with E-state index in [-0.39, 0.29) is 0 Å². The monoisotopic (exact) mass is 339 g/mol. The van der Waals surface area contributed by atoms with Crippen molar-refractivity contribution < 1.29 is 0 Å². The maximum absolute atomic E-state index is 4.56. The topological polar surface area (TPSA) is 29.9 Å². The van der Waals surface area contributed by atoms with E-state index in [1.165, 1.54) is 16.4 Å². The van der Waals surface area contributed by atoms with Gasteiger partial charge in [0.1, 0.15) is 0 Å². The van der Waals surface area contributed by atoms with Gasteiger partial charge in [0.05, 0.1) is 11.4 Å². The molecule has 1 aromatic carbocycles. The average molecular weight is 339 g/mol. The van der Waals surface area contributed by atoms with E-state index < -0.39 is 0 Å². The van der Waals surface area contributed by atoms with Gasteiger partial charge >= 0.3 is 0 Å². The summed E-state index contributed by atoms with van der Waals surface area (Å²) >= 11 is 2.34. The van der Waals surface area contributed by atoms with Gasteiger partial charge in [-0.3, -0.25) is 0 Å². The van der Waals surface area contributed by atoms with E-state index >= 15 is 0 Å². The molecule has 17 heavy (non-hydrogen) atoms. The Labute approximate surface area is 114 Å². The fourth-order valence-corrected chi connectivity index (χ4v) is 2.44. The lowest BCUT2D eigenvalue weighted by molar-refractivity contribution is 0.750. The fraction of sp³-hybridized carbons (Fsp3) is 0.308. The minimum atomic E-state index is 0.653. The molecule has 4 heteroatoms. The number of aromatic nitrogens is 2. The van der Waals surface area contributed by atoms with Gasteiger partial charge in [-0.25, -0.2) is 4.98 Å². The molecule has 1 aromatic heterocycles. The second-order valence-corrected chi connectivity index (χ2v) is 5.61. The van der Waals surface area contributed by atoms with Crippen LogP contribution < -0.4 is 5.32 Å². The predicted octanol–water partition coefficient (Wildman–Crippen LogP) is 3.87. The molecule has 0 unspecified atom stereocenters. The van der Waals surface area contributed by atoms with Crippen molar-refractivity contribution in [2.45, 2.75) is 25.8 Å². The molecule has 1 saturated carbocycles. The van der Waals surface area contributed by atoms with Gasteiger partial charge in [0.15, 0.2) is 0 Å². The first kappa shape index (κ1) is 11.1. The van der Waals surface area contributed by atoms with Gasteiger partial charge in [-0.1, -0.05) is 12.1 Å². The maximum Gasteiger partial charge on any atom is 0.207 e. The second kappa shape index (κ2) is 4.33. The number of halogens is 1. The number of nitrogens with one attached hydrogen (secondary N) is 1. The first-order valence-corrected chi connectivity index (χ1v) is 6.89. The van der Waals surface area contributed by atoms with Crippen molar-refractivity contribution in [2.24, 2.45) is 0 Å². The number of hydrogen-bond donors (Lipinski definition) is 1. The molecular formula is C13H14IN3. The molecule has 1 fully saturated rings. The van der Waals surface area contributed by atoms with Gasteiger partial charge in [0.25, 0.3) is 0 Å². The summed E-state index contributed by atoms with van der Waals surface area (Å²) in [7, 11) is 0. The highest BCUT2D eigenvalue weighted by Crippen LogP contribution is 2.38. The van der Waals surface area contributed by atoms with Gasteiger partial charge < -0.3 is 9.88 Å². The Morgan fingerprint density at radius 3 is 2.82 bits per heavy atom. The molecule has 1 aliphatic carbocycles. The minimum absolute atomic E-state index is 0.653. The molecule has 0 atom stereocenters. The summed E-state index contributed by atoms with van der Waals surface area (Å²) < 4.78 is 3.48. The van der Waals surface area contributed by atoms with Crippen molar-refractivity contribution >= 4 is 34.2 Å². The number of benzene rings is 1. The Hall–Kier alpha value is -1.04. The molecule has 0 bridgehead atoms. The Kier molecular flexibility index (Phi) is 2.82. The summed E-state index contributed by atoms with van der Waals surface area (Å²) in [6.07, 6.45) is 4.68. The number of rotatable bonds is 3. The first-order valence-electron chi connectivity index (χ1n) is 5.81. The van der Waals surface area contributed by atoms with Crippen molar-refractivity contribution in [1.29, 1.82) is 0 Å². The van der Waals surface area contributed by atoms with Crippen LogP contribution in [0.15, 0.2) is 30.5 Å². The number of aryl methyl sites for hydroxylation is 1. The Bertz CT molecular complexity index is 543. The molecule has 1 aliphatic rings. The summed E-state index contributed by atoms with van der Waals surface area (Å²) in [5.41, 5.74) is 2.20. The summed E-state index contributed by atoms with van der Waals surface area (Å²) in [5.74, 6) is 0.967. The van der Waals surface area contributed by atoms with Crippen LogP contribution >= 0.6 is 22.6 Å². The third-order valence-electron chi connectivity index (χ3n) is 2.91. The molecule has 0 saturated heterocycles. The molecule has 0 spiro atoms. The number of imidazole rings is 1. The van der Waals surface area contributed by atoms with E-state index in [4.69, 9.17) is 0 Å². The van der Waals surface area contributed by atoms with Crippen molar-refractivity contribution in [3.05, 3.63) is 39.7 Å².